The van der Waals surface area contributed by atoms with Crippen LogP contribution < -0.4 is 10.2 Å². The van der Waals surface area contributed by atoms with Gasteiger partial charge in [-0.2, -0.15) is 0 Å². The van der Waals surface area contributed by atoms with E-state index in [9.17, 15) is 4.79 Å². The fourth-order valence-corrected chi connectivity index (χ4v) is 5.15. The molecule has 0 radical (unpaired) electrons. The first-order chi connectivity index (χ1) is 13.9. The molecule has 29 heavy (non-hydrogen) atoms. The lowest BCUT2D eigenvalue weighted by Gasteiger charge is -2.40. The van der Waals surface area contributed by atoms with E-state index in [0.717, 1.165) is 45.2 Å². The predicted octanol–water partition coefficient (Wildman–Crippen LogP) is 4.65. The van der Waals surface area contributed by atoms with Crippen molar-refractivity contribution in [1.82, 2.24) is 10.2 Å². The topological polar surface area (TPSA) is 35.6 Å². The number of rotatable bonds is 6. The Hall–Kier alpha value is -1.55. The van der Waals surface area contributed by atoms with Crippen molar-refractivity contribution in [1.29, 1.82) is 0 Å². The zero-order valence-electron chi connectivity index (χ0n) is 19.0. The minimum atomic E-state index is 0.172. The number of hydrogen-bond donors (Lipinski definition) is 1. The minimum Gasteiger partial charge on any atom is -0.369 e. The molecule has 2 aliphatic rings. The summed E-state index contributed by atoms with van der Waals surface area (Å²) in [6.45, 7) is 15.0. The van der Waals surface area contributed by atoms with Crippen molar-refractivity contribution in [2.45, 2.75) is 65.7 Å². The molecular formula is C25H41N3O. The third kappa shape index (κ3) is 5.97. The lowest BCUT2D eigenvalue weighted by molar-refractivity contribution is -0.121. The number of anilines is 1. The quantitative estimate of drug-likeness (QED) is 0.756. The van der Waals surface area contributed by atoms with Gasteiger partial charge in [0.25, 0.3) is 0 Å². The first kappa shape index (κ1) is 22.1. The zero-order chi connectivity index (χ0) is 20.9. The van der Waals surface area contributed by atoms with Gasteiger partial charge >= 0.3 is 0 Å². The van der Waals surface area contributed by atoms with Gasteiger partial charge < -0.3 is 10.2 Å². The number of hydrogen-bond acceptors (Lipinski definition) is 3. The van der Waals surface area contributed by atoms with Crippen molar-refractivity contribution >= 4 is 11.6 Å². The molecule has 1 aromatic rings. The van der Waals surface area contributed by atoms with Gasteiger partial charge in [0.15, 0.2) is 0 Å². The highest BCUT2D eigenvalue weighted by Gasteiger charge is 2.31. The first-order valence-electron chi connectivity index (χ1n) is 11.7. The maximum Gasteiger partial charge on any atom is 0.221 e. The highest BCUT2D eigenvalue weighted by molar-refractivity contribution is 5.75. The van der Waals surface area contributed by atoms with Gasteiger partial charge in [0.05, 0.1) is 0 Å². The van der Waals surface area contributed by atoms with Crippen LogP contribution in [0.2, 0.25) is 0 Å². The third-order valence-corrected chi connectivity index (χ3v) is 7.07. The van der Waals surface area contributed by atoms with E-state index in [4.69, 9.17) is 0 Å². The number of benzene rings is 1. The Balaban J connectivity index is 1.56. The Morgan fingerprint density at radius 3 is 2.31 bits per heavy atom. The van der Waals surface area contributed by atoms with Crippen LogP contribution in [0.3, 0.4) is 0 Å². The van der Waals surface area contributed by atoms with Gasteiger partial charge in [-0.25, -0.2) is 0 Å². The molecule has 4 nitrogen and oxygen atoms in total. The smallest absolute Gasteiger partial charge is 0.221 e. The van der Waals surface area contributed by atoms with Crippen LogP contribution >= 0.6 is 0 Å². The molecule has 4 heteroatoms. The molecule has 162 valence electrons. The van der Waals surface area contributed by atoms with Crippen LogP contribution in [0.25, 0.3) is 0 Å². The second-order valence-electron chi connectivity index (χ2n) is 10.0. The number of amides is 1. The molecule has 0 bridgehead atoms. The van der Waals surface area contributed by atoms with Gasteiger partial charge in [0, 0.05) is 51.4 Å². The van der Waals surface area contributed by atoms with Crippen LogP contribution in [0.5, 0.6) is 0 Å². The predicted molar refractivity (Wildman–Crippen MR) is 123 cm³/mol. The van der Waals surface area contributed by atoms with E-state index in [0.29, 0.717) is 17.8 Å². The van der Waals surface area contributed by atoms with Gasteiger partial charge in [0.1, 0.15) is 0 Å². The van der Waals surface area contributed by atoms with E-state index in [-0.39, 0.29) is 5.91 Å². The summed E-state index contributed by atoms with van der Waals surface area (Å²) in [5.41, 5.74) is 3.46. The van der Waals surface area contributed by atoms with Gasteiger partial charge in [0.2, 0.25) is 5.91 Å². The maximum atomic E-state index is 11.7. The standard InChI is InChI=1S/C25H41N3O/c1-5-26-24(29)14-15-27-16-18-28(19-17-27)23-9-7-6-8-22(23)20-10-12-21(13-11-20)25(2,3)4/h6-9,20-21H,5,10-19H2,1-4H3,(H,26,29). The number of carbonyl (C=O) groups excluding carboxylic acids is 1. The Labute approximate surface area is 178 Å². The monoisotopic (exact) mass is 399 g/mol. The molecule has 0 atom stereocenters. The highest BCUT2D eigenvalue weighted by Crippen LogP contribution is 2.45. The van der Waals surface area contributed by atoms with Gasteiger partial charge in [-0.1, -0.05) is 39.0 Å². The van der Waals surface area contributed by atoms with Crippen molar-refractivity contribution in [2.24, 2.45) is 11.3 Å². The van der Waals surface area contributed by atoms with Gasteiger partial charge in [-0.3, -0.25) is 9.69 Å². The molecule has 1 saturated carbocycles. The van der Waals surface area contributed by atoms with E-state index in [1.165, 1.54) is 31.4 Å². The van der Waals surface area contributed by atoms with Gasteiger partial charge in [-0.05, 0) is 61.5 Å². The molecule has 1 aliphatic heterocycles. The number of piperazine rings is 1. The summed E-state index contributed by atoms with van der Waals surface area (Å²) in [5.74, 6) is 1.74. The lowest BCUT2D eigenvalue weighted by atomic mass is 9.68. The first-order valence-corrected chi connectivity index (χ1v) is 11.7. The Kier molecular flexibility index (Phi) is 7.61. The zero-order valence-corrected chi connectivity index (χ0v) is 19.0. The van der Waals surface area contributed by atoms with Crippen LogP contribution in [0.15, 0.2) is 24.3 Å². The lowest BCUT2D eigenvalue weighted by Crippen LogP contribution is -2.47. The second-order valence-corrected chi connectivity index (χ2v) is 10.0. The number of carbonyl (C=O) groups is 1. The number of nitrogens with one attached hydrogen (secondary N) is 1. The molecule has 1 saturated heterocycles. The molecule has 1 aliphatic carbocycles. The van der Waals surface area contributed by atoms with Crippen LogP contribution in [0, 0.1) is 11.3 Å². The molecular weight excluding hydrogens is 358 g/mol. The molecule has 1 aromatic carbocycles. The average Bonchev–Trinajstić information content (AvgIpc) is 2.72. The molecule has 3 rings (SSSR count). The molecule has 0 spiro atoms. The van der Waals surface area contributed by atoms with E-state index in [2.05, 4.69) is 60.2 Å². The SMILES string of the molecule is CCNC(=O)CCN1CCN(c2ccccc2C2CCC(C(C)(C)C)CC2)CC1. The molecule has 0 aromatic heterocycles. The van der Waals surface area contributed by atoms with E-state index in [1.807, 2.05) is 6.92 Å². The number of para-hydroxylation sites is 1. The van der Waals surface area contributed by atoms with Crippen molar-refractivity contribution in [3.63, 3.8) is 0 Å². The molecule has 0 unspecified atom stereocenters. The van der Waals surface area contributed by atoms with Crippen molar-refractivity contribution in [3.8, 4) is 0 Å². The fourth-order valence-electron chi connectivity index (χ4n) is 5.15. The number of nitrogens with zero attached hydrogens (tertiary/aromatic N) is 2. The molecule has 1 amide bonds. The van der Waals surface area contributed by atoms with Crippen molar-refractivity contribution in [3.05, 3.63) is 29.8 Å². The van der Waals surface area contributed by atoms with Crippen LogP contribution in [-0.4, -0.2) is 50.1 Å². The van der Waals surface area contributed by atoms with Gasteiger partial charge in [-0.15, -0.1) is 0 Å². The molecule has 1 N–H and O–H groups in total. The summed E-state index contributed by atoms with van der Waals surface area (Å²) in [5, 5.41) is 2.90. The summed E-state index contributed by atoms with van der Waals surface area (Å²) in [4.78, 5) is 16.7. The van der Waals surface area contributed by atoms with E-state index in [1.54, 1.807) is 5.56 Å². The molecule has 1 heterocycles. The highest BCUT2D eigenvalue weighted by atomic mass is 16.1. The Morgan fingerprint density at radius 1 is 1.03 bits per heavy atom. The summed E-state index contributed by atoms with van der Waals surface area (Å²) in [7, 11) is 0. The third-order valence-electron chi connectivity index (χ3n) is 7.07. The van der Waals surface area contributed by atoms with Crippen LogP contribution in [0.1, 0.15) is 71.3 Å². The summed E-state index contributed by atoms with van der Waals surface area (Å²) >= 11 is 0. The van der Waals surface area contributed by atoms with Crippen LogP contribution in [-0.2, 0) is 4.79 Å². The molecule has 2 fully saturated rings. The Bertz CT molecular complexity index is 650. The fraction of sp³-hybridized carbons (Fsp3) is 0.720. The van der Waals surface area contributed by atoms with Crippen LogP contribution in [0.4, 0.5) is 5.69 Å². The van der Waals surface area contributed by atoms with E-state index >= 15 is 0 Å². The summed E-state index contributed by atoms with van der Waals surface area (Å²) in [6.07, 6.45) is 5.98. The maximum absolute atomic E-state index is 11.7. The van der Waals surface area contributed by atoms with Crippen molar-refractivity contribution < 1.29 is 4.79 Å². The summed E-state index contributed by atoms with van der Waals surface area (Å²) < 4.78 is 0. The Morgan fingerprint density at radius 2 is 1.69 bits per heavy atom. The minimum absolute atomic E-state index is 0.172. The largest absolute Gasteiger partial charge is 0.369 e. The summed E-state index contributed by atoms with van der Waals surface area (Å²) in [6, 6.07) is 9.12. The average molecular weight is 400 g/mol. The second kappa shape index (κ2) is 9.97. The van der Waals surface area contributed by atoms with Crippen molar-refractivity contribution in [2.75, 3.05) is 44.2 Å². The van der Waals surface area contributed by atoms with E-state index < -0.39 is 0 Å². The normalized spacial score (nSPS) is 23.8.